The van der Waals surface area contributed by atoms with Gasteiger partial charge >= 0.3 is 5.97 Å². The highest BCUT2D eigenvalue weighted by molar-refractivity contribution is 6.04. The van der Waals surface area contributed by atoms with Crippen LogP contribution in [0.15, 0.2) is 60.7 Å². The number of methoxy groups -OCH3 is 1. The van der Waals surface area contributed by atoms with Gasteiger partial charge < -0.3 is 19.9 Å². The number of carbonyl (C=O) groups is 2. The first-order chi connectivity index (χ1) is 13.0. The summed E-state index contributed by atoms with van der Waals surface area (Å²) in [6.07, 6.45) is -1.04. The van der Waals surface area contributed by atoms with Crippen molar-refractivity contribution in [1.82, 2.24) is 0 Å². The monoisotopic (exact) mass is 365 g/mol. The number of rotatable bonds is 5. The third-order valence-electron chi connectivity index (χ3n) is 4.13. The van der Waals surface area contributed by atoms with Crippen molar-refractivity contribution in [3.63, 3.8) is 0 Å². The average molecular weight is 365 g/mol. The summed E-state index contributed by atoms with van der Waals surface area (Å²) < 4.78 is 10.2. The highest BCUT2D eigenvalue weighted by Crippen LogP contribution is 2.25. The number of ether oxygens (including phenoxy) is 2. The minimum atomic E-state index is -1.04. The van der Waals surface area contributed by atoms with E-state index < -0.39 is 18.0 Å². The number of hydrogen-bond donors (Lipinski definition) is 2. The highest BCUT2D eigenvalue weighted by Gasteiger charge is 2.21. The fraction of sp³-hybridized carbons (Fsp3) is 0.143. The minimum absolute atomic E-state index is 0.0411. The third-order valence-corrected chi connectivity index (χ3v) is 4.13. The summed E-state index contributed by atoms with van der Waals surface area (Å²) in [7, 11) is 1.45. The Bertz CT molecular complexity index is 994. The van der Waals surface area contributed by atoms with E-state index in [0.717, 1.165) is 10.8 Å². The number of amides is 1. The molecule has 27 heavy (non-hydrogen) atoms. The van der Waals surface area contributed by atoms with E-state index in [4.69, 9.17) is 9.47 Å². The van der Waals surface area contributed by atoms with Gasteiger partial charge in [-0.05, 0) is 30.5 Å². The standard InChI is InChI=1S/C21H19NO5/c1-13(27-21(25)17-11-10-15(26-2)12-19(17)23)20(24)22-18-9-5-7-14-6-3-4-8-16(14)18/h3-13,23H,1-2H3,(H,22,24)/t13-/m0/s1. The predicted octanol–water partition coefficient (Wildman–Crippen LogP) is 3.74. The van der Waals surface area contributed by atoms with Crippen molar-refractivity contribution < 1.29 is 24.2 Å². The largest absolute Gasteiger partial charge is 0.507 e. The predicted molar refractivity (Wildman–Crippen MR) is 102 cm³/mol. The van der Waals surface area contributed by atoms with E-state index in [0.29, 0.717) is 11.4 Å². The van der Waals surface area contributed by atoms with Gasteiger partial charge in [0, 0.05) is 17.1 Å². The minimum Gasteiger partial charge on any atom is -0.507 e. The maximum absolute atomic E-state index is 12.4. The molecule has 0 spiro atoms. The van der Waals surface area contributed by atoms with Crippen LogP contribution in [0.1, 0.15) is 17.3 Å². The molecule has 3 aromatic rings. The molecule has 1 amide bonds. The fourth-order valence-electron chi connectivity index (χ4n) is 2.66. The van der Waals surface area contributed by atoms with Gasteiger partial charge in [0.15, 0.2) is 6.10 Å². The van der Waals surface area contributed by atoms with Gasteiger partial charge in [-0.3, -0.25) is 4.79 Å². The normalized spacial score (nSPS) is 11.6. The lowest BCUT2D eigenvalue weighted by Crippen LogP contribution is -2.30. The first-order valence-corrected chi connectivity index (χ1v) is 8.36. The summed E-state index contributed by atoms with van der Waals surface area (Å²) in [6.45, 7) is 1.47. The second-order valence-corrected chi connectivity index (χ2v) is 5.95. The number of phenols is 1. The van der Waals surface area contributed by atoms with Crippen molar-refractivity contribution in [1.29, 1.82) is 0 Å². The summed E-state index contributed by atoms with van der Waals surface area (Å²) in [6, 6.07) is 17.4. The molecular formula is C21H19NO5. The Hall–Kier alpha value is -3.54. The third kappa shape index (κ3) is 4.00. The van der Waals surface area contributed by atoms with Crippen molar-refractivity contribution in [2.75, 3.05) is 12.4 Å². The van der Waals surface area contributed by atoms with Crippen molar-refractivity contribution in [2.24, 2.45) is 0 Å². The molecule has 0 fully saturated rings. The molecule has 0 heterocycles. The van der Waals surface area contributed by atoms with Crippen LogP contribution < -0.4 is 10.1 Å². The van der Waals surface area contributed by atoms with Gasteiger partial charge in [-0.1, -0.05) is 36.4 Å². The van der Waals surface area contributed by atoms with Gasteiger partial charge in [0.05, 0.1) is 7.11 Å². The van der Waals surface area contributed by atoms with Crippen LogP contribution in [0.3, 0.4) is 0 Å². The van der Waals surface area contributed by atoms with Crippen LogP contribution in [-0.4, -0.2) is 30.2 Å². The molecule has 0 radical (unpaired) electrons. The SMILES string of the molecule is COc1ccc(C(=O)O[C@@H](C)C(=O)Nc2cccc3ccccc23)c(O)c1. The molecule has 0 saturated heterocycles. The van der Waals surface area contributed by atoms with Crippen LogP contribution in [-0.2, 0) is 9.53 Å². The van der Waals surface area contributed by atoms with Crippen LogP contribution >= 0.6 is 0 Å². The van der Waals surface area contributed by atoms with E-state index in [1.807, 2.05) is 36.4 Å². The van der Waals surface area contributed by atoms with Crippen molar-refractivity contribution in [3.8, 4) is 11.5 Å². The Morgan fingerprint density at radius 3 is 2.52 bits per heavy atom. The van der Waals surface area contributed by atoms with E-state index in [2.05, 4.69) is 5.32 Å². The van der Waals surface area contributed by atoms with Crippen molar-refractivity contribution in [2.45, 2.75) is 13.0 Å². The van der Waals surface area contributed by atoms with Crippen LogP contribution in [0.5, 0.6) is 11.5 Å². The Morgan fingerprint density at radius 1 is 1.04 bits per heavy atom. The molecule has 0 saturated carbocycles. The second-order valence-electron chi connectivity index (χ2n) is 5.95. The van der Waals surface area contributed by atoms with Crippen molar-refractivity contribution in [3.05, 3.63) is 66.2 Å². The Labute approximate surface area is 156 Å². The summed E-state index contributed by atoms with van der Waals surface area (Å²) in [5.74, 6) is -1.13. The number of benzene rings is 3. The zero-order valence-corrected chi connectivity index (χ0v) is 14.9. The number of hydrogen-bond acceptors (Lipinski definition) is 5. The lowest BCUT2D eigenvalue weighted by atomic mass is 10.1. The Balaban J connectivity index is 1.71. The summed E-state index contributed by atoms with van der Waals surface area (Å²) in [5, 5.41) is 14.6. The van der Waals surface area contributed by atoms with E-state index in [-0.39, 0.29) is 11.3 Å². The summed E-state index contributed by atoms with van der Waals surface area (Å²) in [4.78, 5) is 24.7. The molecule has 0 unspecified atom stereocenters. The first-order valence-electron chi connectivity index (χ1n) is 8.36. The van der Waals surface area contributed by atoms with E-state index in [9.17, 15) is 14.7 Å². The maximum Gasteiger partial charge on any atom is 0.342 e. The lowest BCUT2D eigenvalue weighted by molar-refractivity contribution is -0.123. The smallest absolute Gasteiger partial charge is 0.342 e. The van der Waals surface area contributed by atoms with Crippen LogP contribution in [0.2, 0.25) is 0 Å². The van der Waals surface area contributed by atoms with Crippen molar-refractivity contribution >= 4 is 28.3 Å². The number of phenolic OH excluding ortho intramolecular Hbond substituents is 1. The van der Waals surface area contributed by atoms with E-state index in [1.165, 1.54) is 32.2 Å². The highest BCUT2D eigenvalue weighted by atomic mass is 16.5. The molecule has 0 bridgehead atoms. The van der Waals surface area contributed by atoms with E-state index in [1.54, 1.807) is 6.07 Å². The molecule has 1 atom stereocenters. The fourth-order valence-corrected chi connectivity index (χ4v) is 2.66. The molecule has 6 heteroatoms. The quantitative estimate of drug-likeness (QED) is 0.673. The number of nitrogens with one attached hydrogen (secondary N) is 1. The Kier molecular flexibility index (Phi) is 5.26. The van der Waals surface area contributed by atoms with Gasteiger partial charge in [0.25, 0.3) is 5.91 Å². The van der Waals surface area contributed by atoms with Gasteiger partial charge in [0.1, 0.15) is 17.1 Å². The van der Waals surface area contributed by atoms with Crippen LogP contribution in [0.4, 0.5) is 5.69 Å². The number of carbonyl (C=O) groups excluding carboxylic acids is 2. The van der Waals surface area contributed by atoms with Gasteiger partial charge in [-0.15, -0.1) is 0 Å². The number of fused-ring (bicyclic) bond motifs is 1. The van der Waals surface area contributed by atoms with Crippen LogP contribution in [0, 0.1) is 0 Å². The first kappa shape index (κ1) is 18.3. The second kappa shape index (κ2) is 7.78. The molecule has 2 N–H and O–H groups in total. The topological polar surface area (TPSA) is 84.9 Å². The zero-order chi connectivity index (χ0) is 19.4. The van der Waals surface area contributed by atoms with Crippen LogP contribution in [0.25, 0.3) is 10.8 Å². The van der Waals surface area contributed by atoms with Gasteiger partial charge in [0.2, 0.25) is 0 Å². The number of anilines is 1. The lowest BCUT2D eigenvalue weighted by Gasteiger charge is -2.15. The number of aromatic hydroxyl groups is 1. The Morgan fingerprint density at radius 2 is 1.78 bits per heavy atom. The molecule has 0 aromatic heterocycles. The molecule has 3 rings (SSSR count). The molecule has 0 aliphatic heterocycles. The maximum atomic E-state index is 12.4. The molecule has 138 valence electrons. The number of esters is 1. The molecular weight excluding hydrogens is 346 g/mol. The molecule has 0 aliphatic carbocycles. The summed E-state index contributed by atoms with van der Waals surface area (Å²) in [5.41, 5.74) is 0.592. The molecule has 6 nitrogen and oxygen atoms in total. The van der Waals surface area contributed by atoms with Gasteiger partial charge in [-0.25, -0.2) is 4.79 Å². The van der Waals surface area contributed by atoms with Gasteiger partial charge in [-0.2, -0.15) is 0 Å². The zero-order valence-electron chi connectivity index (χ0n) is 14.9. The molecule has 3 aromatic carbocycles. The average Bonchev–Trinajstić information content (AvgIpc) is 2.67. The molecule has 0 aliphatic rings. The summed E-state index contributed by atoms with van der Waals surface area (Å²) >= 11 is 0. The van der Waals surface area contributed by atoms with E-state index >= 15 is 0 Å².